The van der Waals surface area contributed by atoms with Gasteiger partial charge in [0.15, 0.2) is 0 Å². The van der Waals surface area contributed by atoms with Crippen molar-refractivity contribution in [3.8, 4) is 0 Å². The summed E-state index contributed by atoms with van der Waals surface area (Å²) in [5.41, 5.74) is 7.22. The maximum atomic E-state index is 5.97. The van der Waals surface area contributed by atoms with E-state index in [9.17, 15) is 0 Å². The largest absolute Gasteiger partial charge is 0.324 e. The second-order valence-corrected chi connectivity index (χ2v) is 4.20. The number of nitrogens with two attached hydrogens (primary N) is 1. The molecule has 2 N–H and O–H groups in total. The third kappa shape index (κ3) is 2.75. The molecule has 0 saturated carbocycles. The van der Waals surface area contributed by atoms with E-state index in [1.165, 1.54) is 9.13 Å². The van der Waals surface area contributed by atoms with Crippen molar-refractivity contribution in [2.75, 3.05) is 0 Å². The first-order valence-corrected chi connectivity index (χ1v) is 5.33. The molecule has 1 atom stereocenters. The highest BCUT2D eigenvalue weighted by molar-refractivity contribution is 14.1. The zero-order valence-electron chi connectivity index (χ0n) is 7.26. The minimum atomic E-state index is 0.213. The fourth-order valence-corrected chi connectivity index (χ4v) is 1.78. The molecule has 1 aromatic carbocycles. The van der Waals surface area contributed by atoms with Crippen LogP contribution >= 0.6 is 22.6 Å². The quantitative estimate of drug-likeness (QED) is 0.843. The van der Waals surface area contributed by atoms with Gasteiger partial charge in [-0.05, 0) is 46.7 Å². The van der Waals surface area contributed by atoms with E-state index in [-0.39, 0.29) is 6.04 Å². The predicted molar refractivity (Wildman–Crippen MR) is 61.0 cm³/mol. The molecular weight excluding hydrogens is 261 g/mol. The van der Waals surface area contributed by atoms with Crippen molar-refractivity contribution in [3.05, 3.63) is 33.4 Å². The van der Waals surface area contributed by atoms with E-state index in [0.717, 1.165) is 12.8 Å². The van der Waals surface area contributed by atoms with Crippen LogP contribution in [-0.2, 0) is 0 Å². The summed E-state index contributed by atoms with van der Waals surface area (Å²) in [6, 6.07) is 8.61. The van der Waals surface area contributed by atoms with Crippen LogP contribution < -0.4 is 5.73 Å². The van der Waals surface area contributed by atoms with Crippen molar-refractivity contribution in [1.82, 2.24) is 0 Å². The molecule has 0 fully saturated rings. The zero-order chi connectivity index (χ0) is 8.97. The Morgan fingerprint density at radius 3 is 2.83 bits per heavy atom. The van der Waals surface area contributed by atoms with Crippen molar-refractivity contribution >= 4 is 22.6 Å². The molecule has 0 bridgehead atoms. The summed E-state index contributed by atoms with van der Waals surface area (Å²) in [5.74, 6) is 0. The van der Waals surface area contributed by atoms with E-state index < -0.39 is 0 Å². The monoisotopic (exact) mass is 275 g/mol. The molecule has 1 nitrogen and oxygen atoms in total. The van der Waals surface area contributed by atoms with Crippen molar-refractivity contribution < 1.29 is 0 Å². The van der Waals surface area contributed by atoms with Crippen LogP contribution in [0.4, 0.5) is 0 Å². The van der Waals surface area contributed by atoms with Crippen LogP contribution in [0.1, 0.15) is 31.4 Å². The fourth-order valence-electron chi connectivity index (χ4n) is 1.21. The number of benzene rings is 1. The summed E-state index contributed by atoms with van der Waals surface area (Å²) in [7, 11) is 0. The number of hydrogen-bond donors (Lipinski definition) is 1. The third-order valence-electron chi connectivity index (χ3n) is 1.88. The minimum Gasteiger partial charge on any atom is -0.324 e. The second kappa shape index (κ2) is 4.82. The molecule has 0 aliphatic heterocycles. The molecule has 0 heterocycles. The maximum absolute atomic E-state index is 5.97. The molecule has 0 radical (unpaired) electrons. The molecule has 0 aliphatic rings. The molecule has 0 aliphatic carbocycles. The van der Waals surface area contributed by atoms with Gasteiger partial charge in [-0.2, -0.15) is 0 Å². The standard InChI is InChI=1S/C10H14IN/c1-2-4-10(12)8-5-3-6-9(11)7-8/h3,5-7,10H,2,4,12H2,1H3. The van der Waals surface area contributed by atoms with Crippen LogP contribution in [0.25, 0.3) is 0 Å². The van der Waals surface area contributed by atoms with Gasteiger partial charge in [0, 0.05) is 9.61 Å². The molecular formula is C10H14IN. The fraction of sp³-hybridized carbons (Fsp3) is 0.400. The molecule has 0 amide bonds. The molecule has 1 aromatic rings. The molecule has 12 heavy (non-hydrogen) atoms. The number of hydrogen-bond acceptors (Lipinski definition) is 1. The lowest BCUT2D eigenvalue weighted by Crippen LogP contribution is -2.09. The summed E-state index contributed by atoms with van der Waals surface area (Å²) in [6.07, 6.45) is 2.22. The smallest absolute Gasteiger partial charge is 0.0295 e. The Hall–Kier alpha value is -0.0900. The average molecular weight is 275 g/mol. The van der Waals surface area contributed by atoms with E-state index in [4.69, 9.17) is 5.73 Å². The Kier molecular flexibility index (Phi) is 4.01. The Bertz CT molecular complexity index is 247. The van der Waals surface area contributed by atoms with Crippen LogP contribution in [0.15, 0.2) is 24.3 Å². The Morgan fingerprint density at radius 2 is 2.25 bits per heavy atom. The predicted octanol–water partition coefficient (Wildman–Crippen LogP) is 3.09. The summed E-state index contributed by atoms with van der Waals surface area (Å²) in [4.78, 5) is 0. The van der Waals surface area contributed by atoms with E-state index in [2.05, 4.69) is 53.8 Å². The summed E-state index contributed by atoms with van der Waals surface area (Å²) in [5, 5.41) is 0. The lowest BCUT2D eigenvalue weighted by atomic mass is 10.0. The highest BCUT2D eigenvalue weighted by atomic mass is 127. The summed E-state index contributed by atoms with van der Waals surface area (Å²) >= 11 is 2.31. The minimum absolute atomic E-state index is 0.213. The van der Waals surface area contributed by atoms with Crippen molar-refractivity contribution in [2.45, 2.75) is 25.8 Å². The molecule has 1 unspecified atom stereocenters. The highest BCUT2D eigenvalue weighted by Crippen LogP contribution is 2.17. The van der Waals surface area contributed by atoms with E-state index >= 15 is 0 Å². The second-order valence-electron chi connectivity index (χ2n) is 2.95. The third-order valence-corrected chi connectivity index (χ3v) is 2.55. The first-order valence-electron chi connectivity index (χ1n) is 4.25. The zero-order valence-corrected chi connectivity index (χ0v) is 9.41. The molecule has 0 aromatic heterocycles. The van der Waals surface area contributed by atoms with Gasteiger partial charge in [0.2, 0.25) is 0 Å². The lowest BCUT2D eigenvalue weighted by Gasteiger charge is -2.10. The van der Waals surface area contributed by atoms with E-state index in [0.29, 0.717) is 0 Å². The van der Waals surface area contributed by atoms with Crippen molar-refractivity contribution in [2.24, 2.45) is 5.73 Å². The van der Waals surface area contributed by atoms with E-state index in [1.54, 1.807) is 0 Å². The van der Waals surface area contributed by atoms with Gasteiger partial charge in [-0.1, -0.05) is 25.5 Å². The molecule has 0 saturated heterocycles. The first kappa shape index (κ1) is 9.99. The van der Waals surface area contributed by atoms with Crippen LogP contribution in [-0.4, -0.2) is 0 Å². The highest BCUT2D eigenvalue weighted by Gasteiger charge is 2.03. The van der Waals surface area contributed by atoms with Gasteiger partial charge in [-0.15, -0.1) is 0 Å². The van der Waals surface area contributed by atoms with Crippen molar-refractivity contribution in [3.63, 3.8) is 0 Å². The molecule has 1 rings (SSSR count). The average Bonchev–Trinajstić information content (AvgIpc) is 2.05. The number of halogens is 1. The van der Waals surface area contributed by atoms with E-state index in [1.807, 2.05) is 0 Å². The Labute approximate surface area is 87.5 Å². The summed E-state index contributed by atoms with van der Waals surface area (Å²) < 4.78 is 1.26. The number of rotatable bonds is 3. The molecule has 0 spiro atoms. The van der Waals surface area contributed by atoms with Gasteiger partial charge < -0.3 is 5.73 Å². The van der Waals surface area contributed by atoms with Crippen LogP contribution in [0.3, 0.4) is 0 Å². The van der Waals surface area contributed by atoms with Crippen molar-refractivity contribution in [1.29, 1.82) is 0 Å². The Morgan fingerprint density at radius 1 is 1.50 bits per heavy atom. The van der Waals surface area contributed by atoms with Crippen LogP contribution in [0.5, 0.6) is 0 Å². The van der Waals surface area contributed by atoms with Gasteiger partial charge in [0.25, 0.3) is 0 Å². The SMILES string of the molecule is CCCC(N)c1cccc(I)c1. The normalized spacial score (nSPS) is 12.9. The van der Waals surface area contributed by atoms with Gasteiger partial charge in [-0.25, -0.2) is 0 Å². The van der Waals surface area contributed by atoms with Crippen LogP contribution in [0, 0.1) is 3.57 Å². The van der Waals surface area contributed by atoms with Gasteiger partial charge >= 0.3 is 0 Å². The summed E-state index contributed by atoms with van der Waals surface area (Å²) in [6.45, 7) is 2.16. The molecule has 2 heteroatoms. The first-order chi connectivity index (χ1) is 5.74. The van der Waals surface area contributed by atoms with Gasteiger partial charge in [0.1, 0.15) is 0 Å². The maximum Gasteiger partial charge on any atom is 0.0295 e. The van der Waals surface area contributed by atoms with Gasteiger partial charge in [-0.3, -0.25) is 0 Å². The van der Waals surface area contributed by atoms with Gasteiger partial charge in [0.05, 0.1) is 0 Å². The van der Waals surface area contributed by atoms with Crippen LogP contribution in [0.2, 0.25) is 0 Å². The lowest BCUT2D eigenvalue weighted by molar-refractivity contribution is 0.638. The Balaban J connectivity index is 2.73. The topological polar surface area (TPSA) is 26.0 Å². The molecule has 66 valence electrons.